The molecule has 0 radical (unpaired) electrons. The number of pyridine rings is 3. The second-order valence-electron chi connectivity index (χ2n) is 7.70. The number of ether oxygens (including phenoxy) is 1. The predicted molar refractivity (Wildman–Crippen MR) is 113 cm³/mol. The van der Waals surface area contributed by atoms with Crippen molar-refractivity contribution in [1.82, 2.24) is 14.3 Å². The first kappa shape index (κ1) is 20.6. The highest BCUT2D eigenvalue weighted by Crippen LogP contribution is 2.35. The number of carboxylic acids is 1. The van der Waals surface area contributed by atoms with Crippen LogP contribution in [0.15, 0.2) is 53.6 Å². The molecule has 0 bridgehead atoms. The standard InChI is InChI=1S/C23H22N4O4/c1-31-17-5-6-20(25-13-17)23(15-24)7-10-26(11-8-23)14-16-12-18(22(29)30)21(28)27-9-3-2-4-19(16)27/h2-6,9,12-13H,7-8,10-11,14H2,1H3,(H,29,30). The quantitative estimate of drug-likeness (QED) is 0.678. The molecule has 1 saturated heterocycles. The number of nitrogens with zero attached hydrogens (tertiary/aromatic N) is 4. The minimum atomic E-state index is -1.24. The number of aromatic carboxylic acids is 1. The van der Waals surface area contributed by atoms with E-state index in [4.69, 9.17) is 4.74 Å². The van der Waals surface area contributed by atoms with Crippen LogP contribution in [0.5, 0.6) is 5.75 Å². The monoisotopic (exact) mass is 418 g/mol. The number of methoxy groups -OCH3 is 1. The Kier molecular flexibility index (Phi) is 5.44. The van der Waals surface area contributed by atoms with Crippen molar-refractivity contribution in [1.29, 1.82) is 5.26 Å². The summed E-state index contributed by atoms with van der Waals surface area (Å²) in [5, 5.41) is 19.4. The Morgan fingerprint density at radius 1 is 1.29 bits per heavy atom. The van der Waals surface area contributed by atoms with Gasteiger partial charge in [0, 0.05) is 25.8 Å². The second-order valence-corrected chi connectivity index (χ2v) is 7.70. The summed E-state index contributed by atoms with van der Waals surface area (Å²) >= 11 is 0. The summed E-state index contributed by atoms with van der Waals surface area (Å²) in [6.07, 6.45) is 4.43. The van der Waals surface area contributed by atoms with Crippen molar-refractivity contribution < 1.29 is 14.6 Å². The summed E-state index contributed by atoms with van der Waals surface area (Å²) in [6, 6.07) is 12.9. The number of hydrogen-bond donors (Lipinski definition) is 1. The number of hydrogen-bond acceptors (Lipinski definition) is 6. The van der Waals surface area contributed by atoms with E-state index in [1.54, 1.807) is 25.6 Å². The van der Waals surface area contributed by atoms with Crippen LogP contribution in [-0.4, -0.2) is 45.6 Å². The van der Waals surface area contributed by atoms with Crippen molar-refractivity contribution in [3.63, 3.8) is 0 Å². The van der Waals surface area contributed by atoms with Crippen LogP contribution in [-0.2, 0) is 12.0 Å². The van der Waals surface area contributed by atoms with Gasteiger partial charge in [-0.25, -0.2) is 4.79 Å². The van der Waals surface area contributed by atoms with Gasteiger partial charge in [-0.2, -0.15) is 5.26 Å². The molecular weight excluding hydrogens is 396 g/mol. The summed E-state index contributed by atoms with van der Waals surface area (Å²) in [7, 11) is 1.58. The summed E-state index contributed by atoms with van der Waals surface area (Å²) in [5.41, 5.74) is 0.741. The number of likely N-dealkylation sites (tertiary alicyclic amines) is 1. The Morgan fingerprint density at radius 3 is 2.68 bits per heavy atom. The van der Waals surface area contributed by atoms with Crippen LogP contribution in [0.2, 0.25) is 0 Å². The van der Waals surface area contributed by atoms with Crippen molar-refractivity contribution >= 4 is 11.5 Å². The Balaban J connectivity index is 1.58. The van der Waals surface area contributed by atoms with Gasteiger partial charge in [0.15, 0.2) is 0 Å². The summed E-state index contributed by atoms with van der Waals surface area (Å²) in [6.45, 7) is 1.80. The third-order valence-electron chi connectivity index (χ3n) is 5.97. The molecule has 0 aromatic carbocycles. The van der Waals surface area contributed by atoms with Gasteiger partial charge < -0.3 is 9.84 Å². The predicted octanol–water partition coefficient (Wildman–Crippen LogP) is 2.46. The number of fused-ring (bicyclic) bond motifs is 1. The number of carbonyl (C=O) groups is 1. The first-order valence-electron chi connectivity index (χ1n) is 9.98. The van der Waals surface area contributed by atoms with E-state index in [-0.39, 0.29) is 5.56 Å². The fraction of sp³-hybridized carbons (Fsp3) is 0.304. The van der Waals surface area contributed by atoms with E-state index in [1.807, 2.05) is 24.3 Å². The van der Waals surface area contributed by atoms with E-state index in [9.17, 15) is 20.0 Å². The zero-order valence-electron chi connectivity index (χ0n) is 17.1. The van der Waals surface area contributed by atoms with Crippen LogP contribution in [0.3, 0.4) is 0 Å². The van der Waals surface area contributed by atoms with E-state index in [0.717, 1.165) is 11.3 Å². The topological polar surface area (TPSA) is 108 Å². The van der Waals surface area contributed by atoms with E-state index in [0.29, 0.717) is 43.7 Å². The highest BCUT2D eigenvalue weighted by atomic mass is 16.5. The fourth-order valence-corrected chi connectivity index (χ4v) is 4.14. The molecule has 3 aromatic rings. The van der Waals surface area contributed by atoms with Gasteiger partial charge >= 0.3 is 5.97 Å². The van der Waals surface area contributed by atoms with E-state index in [1.165, 1.54) is 10.5 Å². The van der Waals surface area contributed by atoms with E-state index < -0.39 is 16.9 Å². The van der Waals surface area contributed by atoms with Gasteiger partial charge in [0.05, 0.1) is 30.6 Å². The summed E-state index contributed by atoms with van der Waals surface area (Å²) in [4.78, 5) is 30.6. The lowest BCUT2D eigenvalue weighted by molar-refractivity contribution is 0.0694. The van der Waals surface area contributed by atoms with Crippen LogP contribution in [0.1, 0.15) is 34.5 Å². The molecular formula is C23H22N4O4. The van der Waals surface area contributed by atoms with Gasteiger partial charge in [-0.3, -0.25) is 19.1 Å². The van der Waals surface area contributed by atoms with Gasteiger partial charge in [-0.1, -0.05) is 6.07 Å². The zero-order valence-corrected chi connectivity index (χ0v) is 17.1. The maximum Gasteiger partial charge on any atom is 0.341 e. The molecule has 0 spiro atoms. The van der Waals surface area contributed by atoms with Gasteiger partial charge in [-0.05, 0) is 48.7 Å². The molecule has 0 atom stereocenters. The van der Waals surface area contributed by atoms with Gasteiger partial charge in [0.1, 0.15) is 16.7 Å². The van der Waals surface area contributed by atoms with E-state index >= 15 is 0 Å². The average Bonchev–Trinajstić information content (AvgIpc) is 2.81. The molecule has 8 heteroatoms. The smallest absolute Gasteiger partial charge is 0.341 e. The van der Waals surface area contributed by atoms with Crippen molar-refractivity contribution in [3.8, 4) is 11.8 Å². The lowest BCUT2D eigenvalue weighted by atomic mass is 9.76. The first-order valence-corrected chi connectivity index (χ1v) is 9.98. The van der Waals surface area contributed by atoms with Gasteiger partial charge in [0.25, 0.3) is 5.56 Å². The maximum absolute atomic E-state index is 12.5. The van der Waals surface area contributed by atoms with E-state index in [2.05, 4.69) is 16.0 Å². The molecule has 0 aliphatic carbocycles. The third-order valence-corrected chi connectivity index (χ3v) is 5.97. The molecule has 3 aromatic heterocycles. The number of carboxylic acid groups (broad SMARTS) is 1. The summed E-state index contributed by atoms with van der Waals surface area (Å²) in [5.74, 6) is -0.591. The minimum absolute atomic E-state index is 0.246. The number of rotatable bonds is 5. The number of nitriles is 1. The SMILES string of the molecule is COc1ccc(C2(C#N)CCN(Cc3cc(C(=O)O)c(=O)n4ccccc34)CC2)nc1. The number of aromatic nitrogens is 2. The van der Waals surface area contributed by atoms with Crippen molar-refractivity contribution in [2.24, 2.45) is 0 Å². The third kappa shape index (κ3) is 3.76. The molecule has 1 aliphatic heterocycles. The highest BCUT2D eigenvalue weighted by Gasteiger charge is 2.38. The molecule has 8 nitrogen and oxygen atoms in total. The Hall–Kier alpha value is -3.70. The van der Waals surface area contributed by atoms with Crippen LogP contribution < -0.4 is 10.3 Å². The van der Waals surface area contributed by atoms with Crippen LogP contribution in [0.4, 0.5) is 0 Å². The Bertz CT molecular complexity index is 1220. The molecule has 1 aliphatic rings. The van der Waals surface area contributed by atoms with Crippen LogP contribution in [0, 0.1) is 11.3 Å². The minimum Gasteiger partial charge on any atom is -0.495 e. The van der Waals surface area contributed by atoms with Gasteiger partial charge in [-0.15, -0.1) is 0 Å². The Morgan fingerprint density at radius 2 is 2.06 bits per heavy atom. The molecule has 4 heterocycles. The summed E-state index contributed by atoms with van der Waals surface area (Å²) < 4.78 is 6.54. The molecule has 1 fully saturated rings. The molecule has 1 N–H and O–H groups in total. The molecule has 31 heavy (non-hydrogen) atoms. The van der Waals surface area contributed by atoms with Crippen molar-refractivity contribution in [2.75, 3.05) is 20.2 Å². The zero-order chi connectivity index (χ0) is 22.0. The van der Waals surface area contributed by atoms with Crippen LogP contribution in [0.25, 0.3) is 5.52 Å². The lowest BCUT2D eigenvalue weighted by Gasteiger charge is -2.37. The van der Waals surface area contributed by atoms with Crippen molar-refractivity contribution in [2.45, 2.75) is 24.8 Å². The normalized spacial score (nSPS) is 16.0. The lowest BCUT2D eigenvalue weighted by Crippen LogP contribution is -2.42. The second kappa shape index (κ2) is 8.20. The largest absolute Gasteiger partial charge is 0.495 e. The Labute approximate surface area is 178 Å². The molecule has 0 unspecified atom stereocenters. The molecule has 0 saturated carbocycles. The first-order chi connectivity index (χ1) is 15.0. The van der Waals surface area contributed by atoms with Crippen LogP contribution >= 0.6 is 0 Å². The molecule has 0 amide bonds. The molecule has 4 rings (SSSR count). The fourth-order valence-electron chi connectivity index (χ4n) is 4.14. The van der Waals surface area contributed by atoms with Gasteiger partial charge in [0.2, 0.25) is 0 Å². The average molecular weight is 418 g/mol. The highest BCUT2D eigenvalue weighted by molar-refractivity contribution is 5.88. The molecule has 158 valence electrons. The number of piperidine rings is 1. The van der Waals surface area contributed by atoms with Crippen molar-refractivity contribution in [3.05, 3.63) is 76.0 Å². The maximum atomic E-state index is 12.5.